The first kappa shape index (κ1) is 13.0. The lowest BCUT2D eigenvalue weighted by atomic mass is 10.3. The summed E-state index contributed by atoms with van der Waals surface area (Å²) < 4.78 is 6.53. The van der Waals surface area contributed by atoms with Crippen molar-refractivity contribution in [3.63, 3.8) is 0 Å². The van der Waals surface area contributed by atoms with Gasteiger partial charge >= 0.3 is 5.97 Å². The lowest BCUT2D eigenvalue weighted by Crippen LogP contribution is -2.10. The SMILES string of the molecule is CCOC(=O)c1nnn(Cc2ccsc2)c1CCl. The molecule has 0 aliphatic heterocycles. The number of esters is 1. The third-order valence-electron chi connectivity index (χ3n) is 2.35. The second-order valence-corrected chi connectivity index (χ2v) is 4.58. The summed E-state index contributed by atoms with van der Waals surface area (Å²) in [6, 6.07) is 1.99. The number of carbonyl (C=O) groups is 1. The number of hydrogen-bond acceptors (Lipinski definition) is 5. The lowest BCUT2D eigenvalue weighted by molar-refractivity contribution is 0.0518. The van der Waals surface area contributed by atoms with E-state index in [1.807, 2.05) is 16.8 Å². The van der Waals surface area contributed by atoms with Crippen molar-refractivity contribution >= 4 is 28.9 Å². The number of hydrogen-bond donors (Lipinski definition) is 0. The predicted octanol–water partition coefficient (Wildman–Crippen LogP) is 2.30. The number of nitrogens with zero attached hydrogens (tertiary/aromatic N) is 3. The van der Waals surface area contributed by atoms with Gasteiger partial charge in [-0.05, 0) is 29.3 Å². The second kappa shape index (κ2) is 5.97. The molecule has 5 nitrogen and oxygen atoms in total. The highest BCUT2D eigenvalue weighted by molar-refractivity contribution is 7.07. The van der Waals surface area contributed by atoms with Gasteiger partial charge in [-0.25, -0.2) is 9.48 Å². The molecule has 0 unspecified atom stereocenters. The largest absolute Gasteiger partial charge is 0.461 e. The van der Waals surface area contributed by atoms with Crippen LogP contribution in [-0.4, -0.2) is 27.6 Å². The van der Waals surface area contributed by atoms with E-state index in [0.717, 1.165) is 5.56 Å². The molecule has 0 bridgehead atoms. The maximum atomic E-state index is 11.6. The van der Waals surface area contributed by atoms with Crippen molar-refractivity contribution in [3.8, 4) is 0 Å². The van der Waals surface area contributed by atoms with Crippen molar-refractivity contribution in [2.75, 3.05) is 6.61 Å². The van der Waals surface area contributed by atoms with Gasteiger partial charge in [0.15, 0.2) is 5.69 Å². The van der Waals surface area contributed by atoms with Crippen molar-refractivity contribution in [1.82, 2.24) is 15.0 Å². The summed E-state index contributed by atoms with van der Waals surface area (Å²) in [6.45, 7) is 2.60. The maximum Gasteiger partial charge on any atom is 0.360 e. The zero-order valence-electron chi connectivity index (χ0n) is 9.80. The van der Waals surface area contributed by atoms with Crippen LogP contribution in [0.1, 0.15) is 28.7 Å². The van der Waals surface area contributed by atoms with Crippen molar-refractivity contribution < 1.29 is 9.53 Å². The molecule has 2 rings (SSSR count). The molecule has 0 aliphatic rings. The molecule has 0 aliphatic carbocycles. The van der Waals surface area contributed by atoms with Gasteiger partial charge in [0.2, 0.25) is 0 Å². The van der Waals surface area contributed by atoms with Crippen LogP contribution in [0.3, 0.4) is 0 Å². The van der Waals surface area contributed by atoms with Gasteiger partial charge in [0.1, 0.15) is 0 Å². The van der Waals surface area contributed by atoms with Crippen LogP contribution >= 0.6 is 22.9 Å². The van der Waals surface area contributed by atoms with E-state index >= 15 is 0 Å². The molecule has 0 fully saturated rings. The van der Waals surface area contributed by atoms with Gasteiger partial charge in [0.25, 0.3) is 0 Å². The summed E-state index contributed by atoms with van der Waals surface area (Å²) in [5.74, 6) is -0.310. The number of thiophene rings is 1. The fourth-order valence-electron chi connectivity index (χ4n) is 1.51. The lowest BCUT2D eigenvalue weighted by Gasteiger charge is -2.03. The molecule has 0 amide bonds. The Morgan fingerprint density at radius 3 is 3.06 bits per heavy atom. The molecule has 0 saturated carbocycles. The van der Waals surface area contributed by atoms with E-state index in [0.29, 0.717) is 18.8 Å². The highest BCUT2D eigenvalue weighted by Crippen LogP contribution is 2.14. The molecule has 2 aromatic heterocycles. The highest BCUT2D eigenvalue weighted by Gasteiger charge is 2.20. The van der Waals surface area contributed by atoms with Crippen LogP contribution in [-0.2, 0) is 17.2 Å². The Bertz CT molecular complexity index is 524. The van der Waals surface area contributed by atoms with Crippen LogP contribution < -0.4 is 0 Å². The minimum Gasteiger partial charge on any atom is -0.461 e. The Kier molecular flexibility index (Phi) is 4.33. The van der Waals surface area contributed by atoms with Crippen LogP contribution in [0.2, 0.25) is 0 Å². The van der Waals surface area contributed by atoms with Gasteiger partial charge < -0.3 is 4.74 Å². The maximum absolute atomic E-state index is 11.6. The molecule has 0 radical (unpaired) electrons. The summed E-state index contributed by atoms with van der Waals surface area (Å²) in [7, 11) is 0. The van der Waals surface area contributed by atoms with E-state index in [-0.39, 0.29) is 11.6 Å². The molecular weight excluding hydrogens is 274 g/mol. The van der Waals surface area contributed by atoms with Crippen LogP contribution in [0.5, 0.6) is 0 Å². The number of alkyl halides is 1. The molecule has 0 N–H and O–H groups in total. The molecule has 0 aromatic carbocycles. The van der Waals surface area contributed by atoms with Crippen molar-refractivity contribution in [3.05, 3.63) is 33.8 Å². The minimum absolute atomic E-state index is 0.172. The Labute approximate surface area is 113 Å². The minimum atomic E-state index is -0.482. The summed E-state index contributed by atoms with van der Waals surface area (Å²) in [6.07, 6.45) is 0. The fraction of sp³-hybridized carbons (Fsp3) is 0.364. The average molecular weight is 286 g/mol. The summed E-state index contributed by atoms with van der Waals surface area (Å²) in [4.78, 5) is 11.6. The van der Waals surface area contributed by atoms with Gasteiger partial charge in [-0.3, -0.25) is 0 Å². The second-order valence-electron chi connectivity index (χ2n) is 3.53. The van der Waals surface area contributed by atoms with Crippen LogP contribution in [0.4, 0.5) is 0 Å². The Morgan fingerprint density at radius 2 is 2.44 bits per heavy atom. The van der Waals surface area contributed by atoms with Crippen LogP contribution in [0.25, 0.3) is 0 Å². The van der Waals surface area contributed by atoms with Gasteiger partial charge in [0.05, 0.1) is 24.7 Å². The number of aromatic nitrogens is 3. The fourth-order valence-corrected chi connectivity index (χ4v) is 2.43. The topological polar surface area (TPSA) is 57.0 Å². The molecule has 2 aromatic rings. The third-order valence-corrected chi connectivity index (χ3v) is 3.33. The quantitative estimate of drug-likeness (QED) is 0.625. The van der Waals surface area contributed by atoms with Gasteiger partial charge in [-0.2, -0.15) is 11.3 Å². The summed E-state index contributed by atoms with van der Waals surface area (Å²) in [5, 5.41) is 11.8. The normalized spacial score (nSPS) is 10.6. The molecular formula is C11H12ClN3O2S. The predicted molar refractivity (Wildman–Crippen MR) is 69.0 cm³/mol. The van der Waals surface area contributed by atoms with Crippen molar-refractivity contribution in [2.45, 2.75) is 19.3 Å². The van der Waals surface area contributed by atoms with Crippen molar-refractivity contribution in [2.24, 2.45) is 0 Å². The van der Waals surface area contributed by atoms with E-state index in [1.165, 1.54) is 0 Å². The van der Waals surface area contributed by atoms with Gasteiger partial charge in [0, 0.05) is 0 Å². The number of rotatable bonds is 5. The Balaban J connectivity index is 2.24. The first-order chi connectivity index (χ1) is 8.76. The van der Waals surface area contributed by atoms with Gasteiger partial charge in [-0.15, -0.1) is 16.7 Å². The average Bonchev–Trinajstić information content (AvgIpc) is 2.99. The zero-order chi connectivity index (χ0) is 13.0. The molecule has 0 spiro atoms. The number of halogens is 1. The molecule has 0 atom stereocenters. The van der Waals surface area contributed by atoms with E-state index in [1.54, 1.807) is 22.9 Å². The van der Waals surface area contributed by atoms with E-state index in [2.05, 4.69) is 10.3 Å². The van der Waals surface area contributed by atoms with Crippen LogP contribution in [0.15, 0.2) is 16.8 Å². The molecule has 2 heterocycles. The smallest absolute Gasteiger partial charge is 0.360 e. The van der Waals surface area contributed by atoms with Crippen molar-refractivity contribution in [1.29, 1.82) is 0 Å². The summed E-state index contributed by atoms with van der Waals surface area (Å²) >= 11 is 7.46. The van der Waals surface area contributed by atoms with E-state index in [9.17, 15) is 4.79 Å². The Morgan fingerprint density at radius 1 is 1.61 bits per heavy atom. The zero-order valence-corrected chi connectivity index (χ0v) is 11.4. The van der Waals surface area contributed by atoms with Crippen LogP contribution in [0, 0.1) is 0 Å². The third kappa shape index (κ3) is 2.70. The highest BCUT2D eigenvalue weighted by atomic mass is 35.5. The molecule has 18 heavy (non-hydrogen) atoms. The van der Waals surface area contributed by atoms with E-state index in [4.69, 9.17) is 16.3 Å². The molecule has 7 heteroatoms. The summed E-state index contributed by atoms with van der Waals surface area (Å²) in [5.41, 5.74) is 1.88. The Hall–Kier alpha value is -1.40. The molecule has 0 saturated heterocycles. The molecule has 96 valence electrons. The number of carbonyl (C=O) groups excluding carboxylic acids is 1. The van der Waals surface area contributed by atoms with E-state index < -0.39 is 5.97 Å². The first-order valence-corrected chi connectivity index (χ1v) is 6.90. The monoisotopic (exact) mass is 285 g/mol. The first-order valence-electron chi connectivity index (χ1n) is 5.42. The number of ether oxygens (including phenoxy) is 1. The van der Waals surface area contributed by atoms with Gasteiger partial charge in [-0.1, -0.05) is 5.21 Å². The standard InChI is InChI=1S/C11H12ClN3O2S/c1-2-17-11(16)10-9(5-12)15(14-13-10)6-8-3-4-18-7-8/h3-4,7H,2,5-6H2,1H3.